The van der Waals surface area contributed by atoms with E-state index in [9.17, 15) is 22.4 Å². The average molecular weight is 619 g/mol. The van der Waals surface area contributed by atoms with Gasteiger partial charge in [-0.3, -0.25) is 9.63 Å². The second-order valence-corrected chi connectivity index (χ2v) is 9.97. The van der Waals surface area contributed by atoms with Gasteiger partial charge in [0.1, 0.15) is 18.8 Å². The molecular weight excluding hydrogens is 595 g/mol. The lowest BCUT2D eigenvalue weighted by Gasteiger charge is -2.12. The summed E-state index contributed by atoms with van der Waals surface area (Å²) in [6.45, 7) is -2.84. The normalized spacial score (nSPS) is 15.3. The topological polar surface area (TPSA) is 89.4 Å². The molecule has 5 rings (SSSR count). The minimum atomic E-state index is -2.97. The van der Waals surface area contributed by atoms with Gasteiger partial charge in [0.05, 0.1) is 28.9 Å². The maximum absolute atomic E-state index is 15.0. The van der Waals surface area contributed by atoms with E-state index in [0.29, 0.717) is 21.6 Å². The second-order valence-electron chi connectivity index (χ2n) is 9.57. The third kappa shape index (κ3) is 6.12. The molecule has 0 radical (unpaired) electrons. The molecule has 1 aliphatic rings. The summed E-state index contributed by atoms with van der Waals surface area (Å²) >= 11 is 5.91. The van der Waals surface area contributed by atoms with Gasteiger partial charge < -0.3 is 5.73 Å². The Balaban J connectivity index is 1.57. The highest BCUT2D eigenvalue weighted by molar-refractivity contribution is 6.31. The number of amides is 1. The van der Waals surface area contributed by atoms with Crippen molar-refractivity contribution in [3.63, 3.8) is 0 Å². The van der Waals surface area contributed by atoms with E-state index in [1.165, 1.54) is 30.2 Å². The van der Waals surface area contributed by atoms with Gasteiger partial charge in [0.15, 0.2) is 6.21 Å². The standard InChI is InChI=1S/C29H23ClF5N6O2/c1-43-41-15-18(25-21(27(32)33)7-8-22(30)26(25)31)6-9-23(41)24(12-20-10-11-39(38-20)29(34)35)40-14-19(13-37-40)16-2-4-17(5-3-16)28(36)42/h2-11,13-15,19,24,27,29H,12H2,1H3,(H-,36,42)/q+1/p+1/t19?,24-/m1/s1. The molecule has 2 atom stereocenters. The van der Waals surface area contributed by atoms with E-state index >= 15 is 4.39 Å². The first-order valence-corrected chi connectivity index (χ1v) is 13.2. The number of carbonyl (C=O) groups excluding carboxylic acids is 1. The number of halogens is 6. The van der Waals surface area contributed by atoms with Gasteiger partial charge in [-0.25, -0.2) is 17.9 Å². The van der Waals surface area contributed by atoms with E-state index in [1.807, 2.05) is 0 Å². The highest BCUT2D eigenvalue weighted by Crippen LogP contribution is 2.36. The first kappa shape index (κ1) is 29.8. The Labute approximate surface area is 247 Å². The van der Waals surface area contributed by atoms with Crippen LogP contribution in [0.15, 0.2) is 72.1 Å². The Morgan fingerprint density at radius 3 is 2.47 bits per heavy atom. The lowest BCUT2D eigenvalue weighted by atomic mass is 9.98. The number of pyridine rings is 1. The quantitative estimate of drug-likeness (QED) is 0.194. The van der Waals surface area contributed by atoms with E-state index in [2.05, 4.69) is 10.2 Å². The summed E-state index contributed by atoms with van der Waals surface area (Å²) in [7, 11) is 1.33. The van der Waals surface area contributed by atoms with Crippen LogP contribution in [-0.4, -0.2) is 39.9 Å². The summed E-state index contributed by atoms with van der Waals surface area (Å²) in [4.78, 5) is 17.0. The fourth-order valence-corrected chi connectivity index (χ4v) is 5.00. The Morgan fingerprint density at radius 1 is 1.09 bits per heavy atom. The van der Waals surface area contributed by atoms with Crippen LogP contribution < -0.4 is 15.3 Å². The summed E-state index contributed by atoms with van der Waals surface area (Å²) in [5, 5.41) is 8.15. The Hall–Kier alpha value is -4.65. The van der Waals surface area contributed by atoms with Gasteiger partial charge in [-0.2, -0.15) is 13.9 Å². The number of hydrogen-bond acceptors (Lipinski definition) is 4. The predicted octanol–water partition coefficient (Wildman–Crippen LogP) is 5.27. The van der Waals surface area contributed by atoms with Crippen molar-refractivity contribution in [3.05, 3.63) is 106 Å². The number of aromatic nitrogens is 3. The molecule has 2 N–H and O–H groups in total. The summed E-state index contributed by atoms with van der Waals surface area (Å²) in [5.74, 6) is -1.88. The van der Waals surface area contributed by atoms with Crippen LogP contribution in [0.1, 0.15) is 57.8 Å². The Bertz CT molecular complexity index is 1730. The molecule has 1 unspecified atom stereocenters. The van der Waals surface area contributed by atoms with Crippen LogP contribution in [-0.2, 0) is 6.42 Å². The molecule has 0 spiro atoms. The van der Waals surface area contributed by atoms with Gasteiger partial charge in [-0.05, 0) is 41.0 Å². The highest BCUT2D eigenvalue weighted by Gasteiger charge is 2.39. The molecule has 222 valence electrons. The molecule has 0 bridgehead atoms. The van der Waals surface area contributed by atoms with Crippen LogP contribution in [0.2, 0.25) is 5.02 Å². The monoisotopic (exact) mass is 618 g/mol. The zero-order valence-electron chi connectivity index (χ0n) is 22.4. The van der Waals surface area contributed by atoms with Crippen LogP contribution in [0, 0.1) is 5.82 Å². The molecular formula is C29H24ClF5N6O2+2. The molecule has 0 saturated carbocycles. The summed E-state index contributed by atoms with van der Waals surface area (Å²) in [6.07, 6.45) is 3.04. The number of benzene rings is 2. The van der Waals surface area contributed by atoms with Crippen molar-refractivity contribution in [2.75, 3.05) is 7.11 Å². The molecule has 0 saturated heterocycles. The van der Waals surface area contributed by atoms with Crippen molar-refractivity contribution in [1.82, 2.24) is 9.78 Å². The van der Waals surface area contributed by atoms with Crippen LogP contribution in [0.25, 0.3) is 11.1 Å². The highest BCUT2D eigenvalue weighted by atomic mass is 35.5. The number of alkyl halides is 4. The van der Waals surface area contributed by atoms with Crippen LogP contribution in [0.3, 0.4) is 0 Å². The first-order chi connectivity index (χ1) is 20.6. The van der Waals surface area contributed by atoms with Gasteiger partial charge in [0, 0.05) is 33.7 Å². The smallest absolute Gasteiger partial charge is 0.333 e. The fourth-order valence-electron chi connectivity index (χ4n) is 4.84. The van der Waals surface area contributed by atoms with E-state index in [1.54, 1.807) is 47.4 Å². The van der Waals surface area contributed by atoms with Gasteiger partial charge in [0.2, 0.25) is 12.1 Å². The van der Waals surface area contributed by atoms with Gasteiger partial charge in [0.25, 0.3) is 12.5 Å². The number of carbonyl (C=O) groups is 1. The first-order valence-electron chi connectivity index (χ1n) is 12.8. The van der Waals surface area contributed by atoms with Crippen LogP contribution >= 0.6 is 11.6 Å². The average Bonchev–Trinajstić information content (AvgIpc) is 3.67. The van der Waals surface area contributed by atoms with E-state index < -0.39 is 36.3 Å². The van der Waals surface area contributed by atoms with Crippen molar-refractivity contribution in [1.29, 1.82) is 0 Å². The molecule has 2 aromatic carbocycles. The molecule has 8 nitrogen and oxygen atoms in total. The molecule has 14 heteroatoms. The third-order valence-electron chi connectivity index (χ3n) is 6.97. The van der Waals surface area contributed by atoms with Crippen molar-refractivity contribution >= 4 is 29.9 Å². The van der Waals surface area contributed by atoms with Crippen molar-refractivity contribution in [2.45, 2.75) is 31.4 Å². The maximum atomic E-state index is 15.0. The number of nitrogens with two attached hydrogens (primary N) is 1. The lowest BCUT2D eigenvalue weighted by Crippen LogP contribution is -2.47. The number of rotatable bonds is 10. The number of hydrazone groups is 1. The summed E-state index contributed by atoms with van der Waals surface area (Å²) in [5.41, 5.74) is 6.38. The Kier molecular flexibility index (Phi) is 8.53. The minimum absolute atomic E-state index is 0.0722. The molecule has 1 amide bonds. The SMILES string of the molecule is CO[n+]1cc(-c2c(C(F)F)ccc(Cl)c2F)ccc1[C@@H](Cc1ccn(C(F)F)n1)[N+]1=CC(c2ccc(C(N)=O)cc2)C=N1. The number of nitrogens with zero attached hydrogens (tertiary/aromatic N) is 5. The molecule has 1 aliphatic heterocycles. The number of primary amides is 1. The largest absolute Gasteiger partial charge is 0.366 e. The fraction of sp³-hybridized carbons (Fsp3) is 0.207. The van der Waals surface area contributed by atoms with Crippen LogP contribution in [0.5, 0.6) is 0 Å². The van der Waals surface area contributed by atoms with E-state index in [4.69, 9.17) is 22.2 Å². The van der Waals surface area contributed by atoms with E-state index in [-0.39, 0.29) is 28.5 Å². The van der Waals surface area contributed by atoms with Gasteiger partial charge >= 0.3 is 12.2 Å². The summed E-state index contributed by atoms with van der Waals surface area (Å²) in [6, 6.07) is 12.5. The van der Waals surface area contributed by atoms with Crippen molar-refractivity contribution in [3.8, 4) is 11.1 Å². The molecule has 0 fully saturated rings. The van der Waals surface area contributed by atoms with Crippen molar-refractivity contribution in [2.24, 2.45) is 10.8 Å². The lowest BCUT2D eigenvalue weighted by molar-refractivity contribution is -0.897. The summed E-state index contributed by atoms with van der Waals surface area (Å²) < 4.78 is 72.5. The molecule has 2 aromatic heterocycles. The van der Waals surface area contributed by atoms with Gasteiger partial charge in [-0.15, -0.1) is 0 Å². The molecule has 3 heterocycles. The van der Waals surface area contributed by atoms with Gasteiger partial charge in [-0.1, -0.05) is 34.5 Å². The number of hydrogen-bond donors (Lipinski definition) is 1. The Morgan fingerprint density at radius 2 is 1.84 bits per heavy atom. The van der Waals surface area contributed by atoms with Crippen LogP contribution in [0.4, 0.5) is 22.0 Å². The molecule has 4 aromatic rings. The third-order valence-corrected chi connectivity index (χ3v) is 7.26. The zero-order valence-corrected chi connectivity index (χ0v) is 23.2. The maximum Gasteiger partial charge on any atom is 0.333 e. The minimum Gasteiger partial charge on any atom is -0.366 e. The zero-order chi connectivity index (χ0) is 30.8. The second kappa shape index (κ2) is 12.3. The molecule has 0 aliphatic carbocycles. The predicted molar refractivity (Wildman–Crippen MR) is 147 cm³/mol. The molecule has 43 heavy (non-hydrogen) atoms. The van der Waals surface area contributed by atoms with Crippen molar-refractivity contribution < 1.29 is 41.0 Å². The van der Waals surface area contributed by atoms with E-state index in [0.717, 1.165) is 23.9 Å².